The number of nitrogens with zero attached hydrogens (tertiary/aromatic N) is 2. The topological polar surface area (TPSA) is 70.7 Å². The molecule has 104 valence electrons. The van der Waals surface area contributed by atoms with E-state index in [0.717, 1.165) is 32.5 Å². The van der Waals surface area contributed by atoms with Gasteiger partial charge in [0.25, 0.3) is 0 Å². The Kier molecular flexibility index (Phi) is 6.54. The van der Waals surface area contributed by atoms with Gasteiger partial charge in [-0.2, -0.15) is 0 Å². The van der Waals surface area contributed by atoms with Crippen molar-refractivity contribution in [2.75, 3.05) is 26.2 Å². The predicted octanol–water partition coefficient (Wildman–Crippen LogP) is 0.949. The number of hydrogen-bond acceptors (Lipinski definition) is 2. The van der Waals surface area contributed by atoms with E-state index < -0.39 is 0 Å². The van der Waals surface area contributed by atoms with Crippen LogP contribution in [0.5, 0.6) is 0 Å². The second kappa shape index (κ2) is 7.95. The summed E-state index contributed by atoms with van der Waals surface area (Å²) in [6.07, 6.45) is 4.02. The van der Waals surface area contributed by atoms with Gasteiger partial charge in [-0.1, -0.05) is 13.8 Å². The number of nitrogens with one attached hydrogen (secondary N) is 1. The van der Waals surface area contributed by atoms with Crippen LogP contribution < -0.4 is 11.1 Å². The highest BCUT2D eigenvalue weighted by atomic mass is 16.2. The van der Waals surface area contributed by atoms with Crippen molar-refractivity contribution in [3.63, 3.8) is 0 Å². The summed E-state index contributed by atoms with van der Waals surface area (Å²) in [6, 6.07) is 0. The van der Waals surface area contributed by atoms with Crippen molar-refractivity contribution in [2.45, 2.75) is 39.5 Å². The summed E-state index contributed by atoms with van der Waals surface area (Å²) in [5.74, 6) is 1.16. The standard InChI is InChI=1S/C13H26N4O/c1-11(2)10-16-13(14)15-7-6-12(18)17-8-4-3-5-9-17/h11H,3-10H2,1-2H3,(H3,14,15,16). The average molecular weight is 254 g/mol. The zero-order valence-corrected chi connectivity index (χ0v) is 11.6. The van der Waals surface area contributed by atoms with Crippen LogP contribution in [0.4, 0.5) is 0 Å². The molecule has 1 amide bonds. The number of guanidine groups is 1. The predicted molar refractivity (Wildman–Crippen MR) is 74.4 cm³/mol. The summed E-state index contributed by atoms with van der Waals surface area (Å²) in [5, 5.41) is 2.99. The van der Waals surface area contributed by atoms with Gasteiger partial charge in [-0.05, 0) is 25.2 Å². The Labute approximate surface area is 110 Å². The summed E-state index contributed by atoms with van der Waals surface area (Å²) in [5.41, 5.74) is 5.70. The van der Waals surface area contributed by atoms with Crippen LogP contribution in [0.15, 0.2) is 4.99 Å². The van der Waals surface area contributed by atoms with Crippen LogP contribution in [0.1, 0.15) is 39.5 Å². The molecular weight excluding hydrogens is 228 g/mol. The highest BCUT2D eigenvalue weighted by Gasteiger charge is 2.15. The number of carbonyl (C=O) groups excluding carboxylic acids is 1. The van der Waals surface area contributed by atoms with Crippen molar-refractivity contribution in [3.05, 3.63) is 0 Å². The Bertz CT molecular complexity index is 283. The van der Waals surface area contributed by atoms with Gasteiger partial charge in [0.2, 0.25) is 5.91 Å². The van der Waals surface area contributed by atoms with Crippen LogP contribution in [0, 0.1) is 5.92 Å². The van der Waals surface area contributed by atoms with Crippen LogP contribution in [0.25, 0.3) is 0 Å². The highest BCUT2D eigenvalue weighted by molar-refractivity contribution is 5.80. The fourth-order valence-electron chi connectivity index (χ4n) is 1.94. The maximum atomic E-state index is 11.9. The Morgan fingerprint density at radius 1 is 1.33 bits per heavy atom. The van der Waals surface area contributed by atoms with Gasteiger partial charge >= 0.3 is 0 Å². The summed E-state index contributed by atoms with van der Waals surface area (Å²) in [7, 11) is 0. The van der Waals surface area contributed by atoms with Gasteiger partial charge in [-0.25, -0.2) is 0 Å². The maximum absolute atomic E-state index is 11.9. The Balaban J connectivity index is 2.16. The van der Waals surface area contributed by atoms with Crippen molar-refractivity contribution in [3.8, 4) is 0 Å². The summed E-state index contributed by atoms with van der Waals surface area (Å²) in [6.45, 7) is 7.31. The molecule has 0 spiro atoms. The van der Waals surface area contributed by atoms with Crippen LogP contribution in [0.3, 0.4) is 0 Å². The maximum Gasteiger partial charge on any atom is 0.224 e. The number of amides is 1. The highest BCUT2D eigenvalue weighted by Crippen LogP contribution is 2.09. The van der Waals surface area contributed by atoms with Gasteiger partial charge in [-0.15, -0.1) is 0 Å². The lowest BCUT2D eigenvalue weighted by atomic mass is 10.1. The molecule has 0 radical (unpaired) electrons. The summed E-state index contributed by atoms with van der Waals surface area (Å²) in [4.78, 5) is 18.0. The first-order valence-electron chi connectivity index (χ1n) is 6.91. The molecule has 0 unspecified atom stereocenters. The van der Waals surface area contributed by atoms with Crippen LogP contribution in [-0.4, -0.2) is 42.9 Å². The monoisotopic (exact) mass is 254 g/mol. The molecule has 1 saturated heterocycles. The Morgan fingerprint density at radius 3 is 2.61 bits per heavy atom. The van der Waals surface area contributed by atoms with Crippen molar-refractivity contribution in [1.29, 1.82) is 0 Å². The molecule has 18 heavy (non-hydrogen) atoms. The van der Waals surface area contributed by atoms with Crippen LogP contribution in [-0.2, 0) is 4.79 Å². The van der Waals surface area contributed by atoms with E-state index in [-0.39, 0.29) is 5.91 Å². The first-order chi connectivity index (χ1) is 8.59. The van der Waals surface area contributed by atoms with Crippen LogP contribution in [0.2, 0.25) is 0 Å². The lowest BCUT2D eigenvalue weighted by molar-refractivity contribution is -0.131. The van der Waals surface area contributed by atoms with E-state index >= 15 is 0 Å². The van der Waals surface area contributed by atoms with Gasteiger partial charge in [0.1, 0.15) is 0 Å². The van der Waals surface area contributed by atoms with Gasteiger partial charge < -0.3 is 16.0 Å². The van der Waals surface area contributed by atoms with Crippen molar-refractivity contribution < 1.29 is 4.79 Å². The number of nitrogens with two attached hydrogens (primary N) is 1. The lowest BCUT2D eigenvalue weighted by Crippen LogP contribution is -2.39. The molecule has 1 rings (SSSR count). The zero-order valence-electron chi connectivity index (χ0n) is 11.6. The average Bonchev–Trinajstić information content (AvgIpc) is 2.37. The summed E-state index contributed by atoms with van der Waals surface area (Å²) < 4.78 is 0. The van der Waals surface area contributed by atoms with Crippen molar-refractivity contribution in [2.24, 2.45) is 16.6 Å². The third kappa shape index (κ3) is 5.89. The first kappa shape index (κ1) is 14.8. The van der Waals surface area contributed by atoms with E-state index in [0.29, 0.717) is 24.8 Å². The van der Waals surface area contributed by atoms with E-state index in [1.54, 1.807) is 0 Å². The second-order valence-electron chi connectivity index (χ2n) is 5.24. The minimum atomic E-state index is 0.221. The van der Waals surface area contributed by atoms with E-state index in [2.05, 4.69) is 24.2 Å². The minimum absolute atomic E-state index is 0.221. The number of rotatable bonds is 5. The fourth-order valence-corrected chi connectivity index (χ4v) is 1.94. The second-order valence-corrected chi connectivity index (χ2v) is 5.24. The molecule has 0 saturated carbocycles. The molecule has 0 aromatic heterocycles. The SMILES string of the molecule is CC(C)CN=C(N)NCCC(=O)N1CCCCC1. The van der Waals surface area contributed by atoms with Crippen molar-refractivity contribution in [1.82, 2.24) is 10.2 Å². The van der Waals surface area contributed by atoms with Gasteiger partial charge in [-0.3, -0.25) is 9.79 Å². The molecule has 5 nitrogen and oxygen atoms in total. The molecule has 1 fully saturated rings. The zero-order chi connectivity index (χ0) is 13.4. The number of hydrogen-bond donors (Lipinski definition) is 2. The third-order valence-electron chi connectivity index (χ3n) is 2.98. The molecule has 0 atom stereocenters. The van der Waals surface area contributed by atoms with Crippen molar-refractivity contribution >= 4 is 11.9 Å². The van der Waals surface area contributed by atoms with Gasteiger partial charge in [0.15, 0.2) is 5.96 Å². The normalized spacial score (nSPS) is 17.1. The van der Waals surface area contributed by atoms with Gasteiger partial charge in [0, 0.05) is 32.6 Å². The molecule has 0 aromatic rings. The lowest BCUT2D eigenvalue weighted by Gasteiger charge is -2.26. The first-order valence-corrected chi connectivity index (χ1v) is 6.91. The fraction of sp³-hybridized carbons (Fsp3) is 0.846. The van der Waals surface area contributed by atoms with E-state index in [4.69, 9.17) is 5.73 Å². The van der Waals surface area contributed by atoms with E-state index in [1.165, 1.54) is 6.42 Å². The minimum Gasteiger partial charge on any atom is -0.370 e. The van der Waals surface area contributed by atoms with E-state index in [1.807, 2.05) is 4.90 Å². The van der Waals surface area contributed by atoms with Gasteiger partial charge in [0.05, 0.1) is 0 Å². The molecule has 1 aliphatic rings. The number of piperidine rings is 1. The molecular formula is C13H26N4O. The molecule has 0 aromatic carbocycles. The molecule has 1 aliphatic heterocycles. The number of carbonyl (C=O) groups is 1. The number of aliphatic imine (C=N–C) groups is 1. The summed E-state index contributed by atoms with van der Waals surface area (Å²) >= 11 is 0. The van der Waals surface area contributed by atoms with Crippen LogP contribution >= 0.6 is 0 Å². The molecule has 0 bridgehead atoms. The third-order valence-corrected chi connectivity index (χ3v) is 2.98. The molecule has 0 aliphatic carbocycles. The largest absolute Gasteiger partial charge is 0.370 e. The Hall–Kier alpha value is -1.26. The smallest absolute Gasteiger partial charge is 0.224 e. The quantitative estimate of drug-likeness (QED) is 0.567. The molecule has 1 heterocycles. The Morgan fingerprint density at radius 2 is 2.00 bits per heavy atom. The number of likely N-dealkylation sites (tertiary alicyclic amines) is 1. The molecule has 3 N–H and O–H groups in total. The van der Waals surface area contributed by atoms with E-state index in [9.17, 15) is 4.79 Å². The molecule has 5 heteroatoms.